The van der Waals surface area contributed by atoms with Crippen LogP contribution in [0.5, 0.6) is 5.06 Å². The molecule has 1 aromatic heterocycles. The minimum absolute atomic E-state index is 0.701. The van der Waals surface area contributed by atoms with Gasteiger partial charge in [0.2, 0.25) is 0 Å². The quantitative estimate of drug-likeness (QED) is 0.793. The van der Waals surface area contributed by atoms with E-state index in [1.165, 1.54) is 37.9 Å². The van der Waals surface area contributed by atoms with Crippen molar-refractivity contribution in [2.75, 3.05) is 26.2 Å². The number of hydrogen-bond donors (Lipinski definition) is 1. The van der Waals surface area contributed by atoms with Crippen LogP contribution in [0, 0.1) is 0 Å². The largest absolute Gasteiger partial charge is 0.484 e. The van der Waals surface area contributed by atoms with Gasteiger partial charge in [-0.25, -0.2) is 0 Å². The lowest BCUT2D eigenvalue weighted by molar-refractivity contribution is 0.217. The summed E-state index contributed by atoms with van der Waals surface area (Å²) in [5.41, 5.74) is 6.81. The molecule has 1 fully saturated rings. The van der Waals surface area contributed by atoms with Crippen molar-refractivity contribution in [1.29, 1.82) is 0 Å². The zero-order valence-electron chi connectivity index (χ0n) is 10.4. The molecule has 0 radical (unpaired) electrons. The van der Waals surface area contributed by atoms with Crippen LogP contribution in [0.15, 0.2) is 11.4 Å². The Morgan fingerprint density at radius 3 is 2.88 bits per heavy atom. The van der Waals surface area contributed by atoms with Crippen molar-refractivity contribution in [3.05, 3.63) is 17.0 Å². The second-order valence-corrected chi connectivity index (χ2v) is 5.44. The van der Waals surface area contributed by atoms with Gasteiger partial charge in [0.15, 0.2) is 5.06 Å². The first-order valence-electron chi connectivity index (χ1n) is 6.52. The van der Waals surface area contributed by atoms with E-state index in [0.29, 0.717) is 6.54 Å². The minimum atomic E-state index is 0.701. The third kappa shape index (κ3) is 3.98. The molecule has 2 N–H and O–H groups in total. The SMILES string of the molecule is NCCCOc1sccc1CN1CCCCC1. The van der Waals surface area contributed by atoms with Crippen LogP contribution in [0.4, 0.5) is 0 Å². The third-order valence-corrected chi connectivity index (χ3v) is 4.00. The third-order valence-electron chi connectivity index (χ3n) is 3.13. The molecule has 0 spiro atoms. The Morgan fingerprint density at radius 1 is 1.29 bits per heavy atom. The van der Waals surface area contributed by atoms with Crippen LogP contribution in [-0.4, -0.2) is 31.1 Å². The van der Waals surface area contributed by atoms with Crippen molar-refractivity contribution < 1.29 is 4.74 Å². The smallest absolute Gasteiger partial charge is 0.178 e. The Labute approximate surface area is 108 Å². The summed E-state index contributed by atoms with van der Waals surface area (Å²) in [5, 5.41) is 3.21. The molecule has 0 amide bonds. The number of likely N-dealkylation sites (tertiary alicyclic amines) is 1. The molecule has 2 heterocycles. The molecular formula is C13H22N2OS. The van der Waals surface area contributed by atoms with Gasteiger partial charge in [0, 0.05) is 12.1 Å². The van der Waals surface area contributed by atoms with Crippen LogP contribution < -0.4 is 10.5 Å². The molecule has 2 rings (SSSR count). The van der Waals surface area contributed by atoms with E-state index in [2.05, 4.69) is 16.3 Å². The van der Waals surface area contributed by atoms with E-state index in [1.54, 1.807) is 11.3 Å². The van der Waals surface area contributed by atoms with Crippen LogP contribution in [0.25, 0.3) is 0 Å². The van der Waals surface area contributed by atoms with Crippen LogP contribution in [0.2, 0.25) is 0 Å². The van der Waals surface area contributed by atoms with Gasteiger partial charge in [0.25, 0.3) is 0 Å². The molecule has 0 bridgehead atoms. The maximum atomic E-state index is 5.77. The van der Waals surface area contributed by atoms with Gasteiger partial charge in [-0.3, -0.25) is 4.90 Å². The summed E-state index contributed by atoms with van der Waals surface area (Å²) in [6.45, 7) is 4.95. The van der Waals surface area contributed by atoms with Gasteiger partial charge in [-0.05, 0) is 50.3 Å². The van der Waals surface area contributed by atoms with E-state index in [1.807, 2.05) is 0 Å². The molecule has 0 atom stereocenters. The fraction of sp³-hybridized carbons (Fsp3) is 0.692. The second-order valence-electron chi connectivity index (χ2n) is 4.56. The predicted octanol–water partition coefficient (Wildman–Crippen LogP) is 2.46. The van der Waals surface area contributed by atoms with Crippen molar-refractivity contribution in [2.45, 2.75) is 32.2 Å². The highest BCUT2D eigenvalue weighted by molar-refractivity contribution is 7.12. The monoisotopic (exact) mass is 254 g/mol. The maximum absolute atomic E-state index is 5.77. The highest BCUT2D eigenvalue weighted by Gasteiger charge is 2.13. The Balaban J connectivity index is 1.84. The molecule has 17 heavy (non-hydrogen) atoms. The molecule has 1 saturated heterocycles. The summed E-state index contributed by atoms with van der Waals surface area (Å²) in [6.07, 6.45) is 5.00. The normalized spacial score (nSPS) is 17.2. The standard InChI is InChI=1S/C13H22N2OS/c14-6-4-9-16-13-12(5-10-17-13)11-15-7-2-1-3-8-15/h5,10H,1-4,6-9,11,14H2. The van der Waals surface area contributed by atoms with E-state index in [4.69, 9.17) is 10.5 Å². The summed E-state index contributed by atoms with van der Waals surface area (Å²) in [4.78, 5) is 2.53. The molecule has 96 valence electrons. The number of rotatable bonds is 6. The summed E-state index contributed by atoms with van der Waals surface area (Å²) in [5.74, 6) is 0. The van der Waals surface area contributed by atoms with Gasteiger partial charge in [-0.1, -0.05) is 6.42 Å². The number of nitrogens with two attached hydrogens (primary N) is 1. The van der Waals surface area contributed by atoms with Crippen molar-refractivity contribution in [2.24, 2.45) is 5.73 Å². The molecule has 0 aromatic carbocycles. The van der Waals surface area contributed by atoms with Gasteiger partial charge >= 0.3 is 0 Å². The van der Waals surface area contributed by atoms with Crippen LogP contribution in [0.3, 0.4) is 0 Å². The minimum Gasteiger partial charge on any atom is -0.484 e. The van der Waals surface area contributed by atoms with Crippen LogP contribution in [0.1, 0.15) is 31.2 Å². The Hall–Kier alpha value is -0.580. The fourth-order valence-corrected chi connectivity index (χ4v) is 2.96. The zero-order valence-corrected chi connectivity index (χ0v) is 11.2. The molecule has 0 saturated carbocycles. The number of thiophene rings is 1. The topological polar surface area (TPSA) is 38.5 Å². The fourth-order valence-electron chi connectivity index (χ4n) is 2.17. The number of piperidine rings is 1. The first-order chi connectivity index (χ1) is 8.40. The van der Waals surface area contributed by atoms with Gasteiger partial charge in [-0.15, -0.1) is 11.3 Å². The maximum Gasteiger partial charge on any atom is 0.178 e. The molecule has 0 unspecified atom stereocenters. The highest BCUT2D eigenvalue weighted by atomic mass is 32.1. The molecule has 0 aliphatic carbocycles. The van der Waals surface area contributed by atoms with E-state index < -0.39 is 0 Å². The predicted molar refractivity (Wildman–Crippen MR) is 72.6 cm³/mol. The molecule has 1 aliphatic rings. The second kappa shape index (κ2) is 6.99. The first kappa shape index (κ1) is 12.9. The molecule has 3 nitrogen and oxygen atoms in total. The molecule has 1 aromatic rings. The number of nitrogens with zero attached hydrogens (tertiary/aromatic N) is 1. The Kier molecular flexibility index (Phi) is 5.29. The van der Waals surface area contributed by atoms with E-state index in [-0.39, 0.29) is 0 Å². The Morgan fingerprint density at radius 2 is 2.12 bits per heavy atom. The summed E-state index contributed by atoms with van der Waals surface area (Å²) in [6, 6.07) is 2.19. The summed E-state index contributed by atoms with van der Waals surface area (Å²) < 4.78 is 5.77. The lowest BCUT2D eigenvalue weighted by atomic mass is 10.1. The van der Waals surface area contributed by atoms with Crippen molar-refractivity contribution >= 4 is 11.3 Å². The van der Waals surface area contributed by atoms with Crippen LogP contribution >= 0.6 is 11.3 Å². The van der Waals surface area contributed by atoms with Gasteiger partial charge in [0.1, 0.15) is 0 Å². The van der Waals surface area contributed by atoms with E-state index in [0.717, 1.165) is 24.6 Å². The average Bonchev–Trinajstić information content (AvgIpc) is 2.79. The van der Waals surface area contributed by atoms with Crippen molar-refractivity contribution in [3.8, 4) is 5.06 Å². The number of hydrogen-bond acceptors (Lipinski definition) is 4. The van der Waals surface area contributed by atoms with E-state index in [9.17, 15) is 0 Å². The average molecular weight is 254 g/mol. The van der Waals surface area contributed by atoms with Crippen molar-refractivity contribution in [3.63, 3.8) is 0 Å². The van der Waals surface area contributed by atoms with E-state index >= 15 is 0 Å². The van der Waals surface area contributed by atoms with Gasteiger partial charge in [0.05, 0.1) is 6.61 Å². The number of ether oxygens (including phenoxy) is 1. The lowest BCUT2D eigenvalue weighted by Crippen LogP contribution is -2.29. The molecule has 1 aliphatic heterocycles. The Bertz CT molecular complexity index is 321. The van der Waals surface area contributed by atoms with Crippen LogP contribution in [-0.2, 0) is 6.54 Å². The highest BCUT2D eigenvalue weighted by Crippen LogP contribution is 2.28. The lowest BCUT2D eigenvalue weighted by Gasteiger charge is -2.26. The summed E-state index contributed by atoms with van der Waals surface area (Å²) >= 11 is 1.70. The van der Waals surface area contributed by atoms with Crippen molar-refractivity contribution in [1.82, 2.24) is 4.90 Å². The molecule has 4 heteroatoms. The summed E-state index contributed by atoms with van der Waals surface area (Å²) in [7, 11) is 0. The molecular weight excluding hydrogens is 232 g/mol. The first-order valence-corrected chi connectivity index (χ1v) is 7.39. The van der Waals surface area contributed by atoms with Gasteiger partial charge in [-0.2, -0.15) is 0 Å². The van der Waals surface area contributed by atoms with Gasteiger partial charge < -0.3 is 10.5 Å². The zero-order chi connectivity index (χ0) is 11.9.